The Morgan fingerprint density at radius 3 is 2.66 bits per heavy atom. The van der Waals surface area contributed by atoms with Gasteiger partial charge < -0.3 is 5.32 Å². The second-order valence-corrected chi connectivity index (χ2v) is 7.79. The Morgan fingerprint density at radius 1 is 1.07 bits per heavy atom. The van der Waals surface area contributed by atoms with Crippen molar-refractivity contribution in [1.29, 1.82) is 0 Å². The van der Waals surface area contributed by atoms with Crippen LogP contribution in [0.2, 0.25) is 0 Å². The number of hydrogen-bond acceptors (Lipinski definition) is 3. The van der Waals surface area contributed by atoms with Crippen molar-refractivity contribution in [3.8, 4) is 5.69 Å². The second kappa shape index (κ2) is 7.67. The van der Waals surface area contributed by atoms with Gasteiger partial charge in [-0.1, -0.05) is 28.1 Å². The zero-order valence-corrected chi connectivity index (χ0v) is 17.6. The fourth-order valence-corrected chi connectivity index (χ4v) is 3.65. The molecule has 4 aromatic rings. The maximum atomic E-state index is 13.1. The lowest BCUT2D eigenvalue weighted by Crippen LogP contribution is -2.27. The van der Waals surface area contributed by atoms with Gasteiger partial charge >= 0.3 is 0 Å². The average Bonchev–Trinajstić information content (AvgIpc) is 2.96. The molecule has 0 atom stereocenters. The highest BCUT2D eigenvalue weighted by molar-refractivity contribution is 9.10. The van der Waals surface area contributed by atoms with Crippen LogP contribution in [0.5, 0.6) is 0 Å². The topological polar surface area (TPSA) is 68.9 Å². The lowest BCUT2D eigenvalue weighted by atomic mass is 10.1. The smallest absolute Gasteiger partial charge is 0.280 e. The number of pyridine rings is 1. The van der Waals surface area contributed by atoms with Crippen LogP contribution in [0.3, 0.4) is 0 Å². The molecule has 6 nitrogen and oxygen atoms in total. The molecular formula is C22H19BrN4O2. The van der Waals surface area contributed by atoms with Gasteiger partial charge in [0.1, 0.15) is 6.54 Å². The van der Waals surface area contributed by atoms with Crippen molar-refractivity contribution < 1.29 is 4.79 Å². The van der Waals surface area contributed by atoms with Gasteiger partial charge in [-0.25, -0.2) is 9.67 Å². The van der Waals surface area contributed by atoms with Crippen molar-refractivity contribution in [3.63, 3.8) is 0 Å². The zero-order chi connectivity index (χ0) is 20.5. The van der Waals surface area contributed by atoms with E-state index in [1.54, 1.807) is 23.0 Å². The number of benzene rings is 2. The summed E-state index contributed by atoms with van der Waals surface area (Å²) in [6.07, 6.45) is 1.62. The van der Waals surface area contributed by atoms with Crippen molar-refractivity contribution in [2.75, 3.05) is 5.32 Å². The first-order chi connectivity index (χ1) is 13.9. The number of hydrogen-bond donors (Lipinski definition) is 1. The Balaban J connectivity index is 1.79. The van der Waals surface area contributed by atoms with Crippen LogP contribution in [-0.4, -0.2) is 20.3 Å². The van der Waals surface area contributed by atoms with E-state index in [1.165, 1.54) is 4.68 Å². The van der Waals surface area contributed by atoms with Crippen LogP contribution < -0.4 is 10.9 Å². The molecule has 2 aromatic carbocycles. The van der Waals surface area contributed by atoms with E-state index in [9.17, 15) is 9.59 Å². The van der Waals surface area contributed by atoms with E-state index >= 15 is 0 Å². The molecule has 0 fully saturated rings. The van der Waals surface area contributed by atoms with Crippen LogP contribution in [0.4, 0.5) is 5.69 Å². The van der Waals surface area contributed by atoms with Gasteiger partial charge in [-0.3, -0.25) is 14.3 Å². The number of nitrogens with one attached hydrogen (secondary N) is 1. The van der Waals surface area contributed by atoms with E-state index in [2.05, 4.69) is 26.2 Å². The molecule has 1 N–H and O–H groups in total. The monoisotopic (exact) mass is 450 g/mol. The highest BCUT2D eigenvalue weighted by atomic mass is 79.9. The number of aromatic nitrogens is 3. The minimum atomic E-state index is -0.247. The summed E-state index contributed by atoms with van der Waals surface area (Å²) >= 11 is 3.40. The largest absolute Gasteiger partial charge is 0.324 e. The third-order valence-corrected chi connectivity index (χ3v) is 5.33. The van der Waals surface area contributed by atoms with Crippen LogP contribution in [-0.2, 0) is 11.3 Å². The Kier molecular flexibility index (Phi) is 5.07. The predicted octanol–water partition coefficient (Wildman–Crippen LogP) is 4.21. The highest BCUT2D eigenvalue weighted by Crippen LogP contribution is 2.18. The molecule has 0 unspecified atom stereocenters. The summed E-state index contributed by atoms with van der Waals surface area (Å²) in [7, 11) is 0. The summed E-state index contributed by atoms with van der Waals surface area (Å²) < 4.78 is 4.01. The molecule has 29 heavy (non-hydrogen) atoms. The van der Waals surface area contributed by atoms with Crippen molar-refractivity contribution in [2.24, 2.45) is 0 Å². The Hall–Kier alpha value is -3.19. The molecule has 146 valence electrons. The molecule has 0 saturated carbocycles. The Bertz CT molecular complexity index is 1290. The molecule has 4 rings (SSSR count). The van der Waals surface area contributed by atoms with E-state index in [1.807, 2.05) is 56.3 Å². The van der Waals surface area contributed by atoms with Crippen molar-refractivity contribution in [3.05, 3.63) is 86.7 Å². The summed E-state index contributed by atoms with van der Waals surface area (Å²) in [5, 5.41) is 3.34. The number of amides is 1. The van der Waals surface area contributed by atoms with Crippen molar-refractivity contribution in [2.45, 2.75) is 20.4 Å². The molecule has 0 aliphatic carbocycles. The van der Waals surface area contributed by atoms with Gasteiger partial charge in [-0.15, -0.1) is 0 Å². The number of carbonyl (C=O) groups excluding carboxylic acids is 1. The molecule has 7 heteroatoms. The van der Waals surface area contributed by atoms with Crippen molar-refractivity contribution >= 4 is 38.6 Å². The number of fused-ring (bicyclic) bond motifs is 1. The first kappa shape index (κ1) is 19.1. The molecule has 0 saturated heterocycles. The van der Waals surface area contributed by atoms with Gasteiger partial charge in [0.25, 0.3) is 5.56 Å². The standard InChI is InChI=1S/C22H19BrN4O2/c1-14-8-9-18(11-15(14)2)27-22(29)19-7-4-10-24-21(19)26(27)13-20(28)25-17-6-3-5-16(23)12-17/h3-12H,13H2,1-2H3,(H,25,28). The molecule has 2 heterocycles. The maximum Gasteiger partial charge on any atom is 0.280 e. The van der Waals surface area contributed by atoms with Crippen LogP contribution in [0.25, 0.3) is 16.7 Å². The first-order valence-electron chi connectivity index (χ1n) is 9.13. The average molecular weight is 451 g/mol. The van der Waals surface area contributed by atoms with Crippen LogP contribution in [0, 0.1) is 13.8 Å². The zero-order valence-electron chi connectivity index (χ0n) is 16.0. The molecule has 1 amide bonds. The lowest BCUT2D eigenvalue weighted by Gasteiger charge is -2.14. The summed E-state index contributed by atoms with van der Waals surface area (Å²) in [5.74, 6) is -0.247. The number of halogens is 1. The first-order valence-corrected chi connectivity index (χ1v) is 9.93. The van der Waals surface area contributed by atoms with Crippen LogP contribution in [0.15, 0.2) is 70.1 Å². The summed E-state index contributed by atoms with van der Waals surface area (Å²) in [5.41, 5.74) is 3.85. The van der Waals surface area contributed by atoms with Gasteiger partial charge in [0, 0.05) is 16.4 Å². The second-order valence-electron chi connectivity index (χ2n) is 6.88. The fourth-order valence-electron chi connectivity index (χ4n) is 3.25. The molecule has 0 radical (unpaired) electrons. The van der Waals surface area contributed by atoms with E-state index < -0.39 is 0 Å². The Labute approximate surface area is 175 Å². The van der Waals surface area contributed by atoms with Gasteiger partial charge in [-0.05, 0) is 67.4 Å². The highest BCUT2D eigenvalue weighted by Gasteiger charge is 2.18. The molecular weight excluding hydrogens is 432 g/mol. The van der Waals surface area contributed by atoms with Gasteiger partial charge in [0.2, 0.25) is 5.91 Å². The number of nitrogens with zero attached hydrogens (tertiary/aromatic N) is 3. The summed E-state index contributed by atoms with van der Waals surface area (Å²) in [4.78, 5) is 30.2. The van der Waals surface area contributed by atoms with E-state index in [-0.39, 0.29) is 18.0 Å². The predicted molar refractivity (Wildman–Crippen MR) is 118 cm³/mol. The SMILES string of the molecule is Cc1ccc(-n2c(=O)c3cccnc3n2CC(=O)Nc2cccc(Br)c2)cc1C. The van der Waals surface area contributed by atoms with Crippen LogP contribution in [0.1, 0.15) is 11.1 Å². The molecule has 0 aliphatic heterocycles. The van der Waals surface area contributed by atoms with Gasteiger partial charge in [0.15, 0.2) is 5.65 Å². The number of carbonyl (C=O) groups is 1. The van der Waals surface area contributed by atoms with E-state index in [0.29, 0.717) is 22.4 Å². The van der Waals surface area contributed by atoms with E-state index in [4.69, 9.17) is 0 Å². The summed E-state index contributed by atoms with van der Waals surface area (Å²) in [6.45, 7) is 3.97. The third-order valence-electron chi connectivity index (χ3n) is 4.83. The normalized spacial score (nSPS) is 11.0. The summed E-state index contributed by atoms with van der Waals surface area (Å²) in [6, 6.07) is 16.6. The van der Waals surface area contributed by atoms with Gasteiger partial charge in [-0.2, -0.15) is 0 Å². The van der Waals surface area contributed by atoms with Crippen molar-refractivity contribution in [1.82, 2.24) is 14.3 Å². The fraction of sp³-hybridized carbons (Fsp3) is 0.136. The quantitative estimate of drug-likeness (QED) is 0.506. The molecule has 2 aromatic heterocycles. The minimum Gasteiger partial charge on any atom is -0.324 e. The number of rotatable bonds is 4. The lowest BCUT2D eigenvalue weighted by molar-refractivity contribution is -0.116. The minimum absolute atomic E-state index is 0.0464. The molecule has 0 spiro atoms. The van der Waals surface area contributed by atoms with E-state index in [0.717, 1.165) is 15.6 Å². The molecule has 0 bridgehead atoms. The molecule has 0 aliphatic rings. The number of anilines is 1. The van der Waals surface area contributed by atoms with Gasteiger partial charge in [0.05, 0.1) is 11.1 Å². The van der Waals surface area contributed by atoms with Crippen LogP contribution >= 0.6 is 15.9 Å². The third kappa shape index (κ3) is 3.73. The Morgan fingerprint density at radius 2 is 1.90 bits per heavy atom. The number of aryl methyl sites for hydroxylation is 2. The maximum absolute atomic E-state index is 13.1.